The third-order valence-electron chi connectivity index (χ3n) is 1.22. The minimum atomic E-state index is -0.383. The van der Waals surface area contributed by atoms with Crippen LogP contribution in [0.3, 0.4) is 0 Å². The molecule has 56 valence electrons. The second-order valence-corrected chi connectivity index (χ2v) is 1.90. The maximum absolute atomic E-state index is 10.9. The highest BCUT2D eigenvalue weighted by Crippen LogP contribution is 2.00. The Morgan fingerprint density at radius 1 is 1.64 bits per heavy atom. The van der Waals surface area contributed by atoms with E-state index in [4.69, 9.17) is 4.42 Å². The SMILES string of the molecule is O=c1[nH]nnn1-c1ccoc1. The van der Waals surface area contributed by atoms with Gasteiger partial charge in [0.15, 0.2) is 0 Å². The van der Waals surface area contributed by atoms with E-state index in [0.29, 0.717) is 5.69 Å². The predicted octanol–water partition coefficient (Wildman–Crippen LogP) is -0.451. The van der Waals surface area contributed by atoms with Crippen LogP contribution in [0.1, 0.15) is 0 Å². The molecule has 0 radical (unpaired) electrons. The first-order valence-electron chi connectivity index (χ1n) is 2.91. The van der Waals surface area contributed by atoms with Gasteiger partial charge in [0.25, 0.3) is 0 Å². The Labute approximate surface area is 60.4 Å². The van der Waals surface area contributed by atoms with E-state index in [-0.39, 0.29) is 5.69 Å². The summed E-state index contributed by atoms with van der Waals surface area (Å²) < 4.78 is 5.85. The molecule has 0 saturated carbocycles. The summed E-state index contributed by atoms with van der Waals surface area (Å²) in [6.45, 7) is 0. The van der Waals surface area contributed by atoms with E-state index < -0.39 is 0 Å². The first-order valence-corrected chi connectivity index (χ1v) is 2.91. The van der Waals surface area contributed by atoms with Crippen LogP contribution >= 0.6 is 0 Å². The number of tetrazole rings is 1. The van der Waals surface area contributed by atoms with Gasteiger partial charge in [-0.05, 0) is 10.4 Å². The summed E-state index contributed by atoms with van der Waals surface area (Å²) in [5.74, 6) is 0. The van der Waals surface area contributed by atoms with Crippen molar-refractivity contribution < 1.29 is 4.42 Å². The number of H-pyrrole nitrogens is 1. The Hall–Kier alpha value is -1.85. The summed E-state index contributed by atoms with van der Waals surface area (Å²) in [6.07, 6.45) is 2.86. The summed E-state index contributed by atoms with van der Waals surface area (Å²) >= 11 is 0. The highest BCUT2D eigenvalue weighted by atomic mass is 16.3. The monoisotopic (exact) mass is 152 g/mol. The molecule has 0 aliphatic heterocycles. The van der Waals surface area contributed by atoms with Crippen molar-refractivity contribution in [2.24, 2.45) is 0 Å². The second kappa shape index (κ2) is 2.08. The number of nitrogens with one attached hydrogen (secondary N) is 1. The molecular weight excluding hydrogens is 148 g/mol. The van der Waals surface area contributed by atoms with Gasteiger partial charge in [-0.3, -0.25) is 0 Å². The fourth-order valence-electron chi connectivity index (χ4n) is 0.745. The van der Waals surface area contributed by atoms with Gasteiger partial charge in [0, 0.05) is 6.07 Å². The Bertz CT molecular complexity index is 385. The Balaban J connectivity index is 2.62. The Morgan fingerprint density at radius 3 is 3.09 bits per heavy atom. The molecule has 6 nitrogen and oxygen atoms in total. The van der Waals surface area contributed by atoms with Gasteiger partial charge in [-0.25, -0.2) is 9.89 Å². The van der Waals surface area contributed by atoms with Gasteiger partial charge in [0.2, 0.25) is 0 Å². The molecule has 0 atom stereocenters. The lowest BCUT2D eigenvalue weighted by Gasteiger charge is -1.86. The number of rotatable bonds is 1. The third-order valence-corrected chi connectivity index (χ3v) is 1.22. The van der Waals surface area contributed by atoms with Crippen molar-refractivity contribution in [1.82, 2.24) is 20.2 Å². The van der Waals surface area contributed by atoms with Crippen molar-refractivity contribution in [3.63, 3.8) is 0 Å². The van der Waals surface area contributed by atoms with Crippen molar-refractivity contribution in [2.45, 2.75) is 0 Å². The lowest BCUT2D eigenvalue weighted by atomic mass is 10.5. The molecule has 0 spiro atoms. The molecule has 6 heteroatoms. The molecule has 0 aromatic carbocycles. The van der Waals surface area contributed by atoms with Gasteiger partial charge in [-0.1, -0.05) is 0 Å². The summed E-state index contributed by atoms with van der Waals surface area (Å²) in [5, 5.41) is 8.97. The molecule has 0 unspecified atom stereocenters. The quantitative estimate of drug-likeness (QED) is 0.600. The molecule has 2 aromatic heterocycles. The summed E-state index contributed by atoms with van der Waals surface area (Å²) in [5.41, 5.74) is 0.176. The van der Waals surface area contributed by atoms with Crippen molar-refractivity contribution in [2.75, 3.05) is 0 Å². The zero-order valence-electron chi connectivity index (χ0n) is 5.39. The number of aromatic nitrogens is 4. The zero-order chi connectivity index (χ0) is 7.68. The van der Waals surface area contributed by atoms with E-state index in [1.807, 2.05) is 0 Å². The standard InChI is InChI=1S/C5H4N4O2/c10-5-6-7-8-9(5)4-1-2-11-3-4/h1-3H,(H,6,8,10). The maximum Gasteiger partial charge on any atom is 0.365 e. The molecule has 2 aromatic rings. The molecule has 2 rings (SSSR count). The van der Waals surface area contributed by atoms with Crippen LogP contribution in [0.25, 0.3) is 5.69 Å². The Kier molecular flexibility index (Phi) is 1.12. The van der Waals surface area contributed by atoms with Crippen molar-refractivity contribution in [3.05, 3.63) is 29.1 Å². The molecule has 0 aliphatic carbocycles. The molecule has 11 heavy (non-hydrogen) atoms. The van der Waals surface area contributed by atoms with E-state index in [1.165, 1.54) is 12.5 Å². The maximum atomic E-state index is 10.9. The Morgan fingerprint density at radius 2 is 2.55 bits per heavy atom. The molecule has 1 N–H and O–H groups in total. The topological polar surface area (TPSA) is 76.7 Å². The predicted molar refractivity (Wildman–Crippen MR) is 34.2 cm³/mol. The average molecular weight is 152 g/mol. The highest BCUT2D eigenvalue weighted by Gasteiger charge is 2.01. The highest BCUT2D eigenvalue weighted by molar-refractivity contribution is 5.22. The van der Waals surface area contributed by atoms with Crippen molar-refractivity contribution >= 4 is 0 Å². The van der Waals surface area contributed by atoms with Crippen molar-refractivity contribution in [3.8, 4) is 5.69 Å². The average Bonchev–Trinajstić information content (AvgIpc) is 2.55. The molecule has 0 saturated heterocycles. The lowest BCUT2D eigenvalue weighted by molar-refractivity contribution is 0.563. The van der Waals surface area contributed by atoms with Crippen LogP contribution in [0.5, 0.6) is 0 Å². The number of hydrogen-bond donors (Lipinski definition) is 1. The molecule has 0 aliphatic rings. The molecular formula is C5H4N4O2. The van der Waals surface area contributed by atoms with Gasteiger partial charge in [-0.15, -0.1) is 0 Å². The molecule has 0 bridgehead atoms. The summed E-state index contributed by atoms with van der Waals surface area (Å²) in [7, 11) is 0. The van der Waals surface area contributed by atoms with E-state index in [0.717, 1.165) is 4.68 Å². The van der Waals surface area contributed by atoms with Crippen LogP contribution in [-0.4, -0.2) is 20.2 Å². The fraction of sp³-hybridized carbons (Fsp3) is 0. The van der Waals surface area contributed by atoms with Crippen molar-refractivity contribution in [1.29, 1.82) is 0 Å². The second-order valence-electron chi connectivity index (χ2n) is 1.90. The number of hydrogen-bond acceptors (Lipinski definition) is 4. The summed E-state index contributed by atoms with van der Waals surface area (Å²) in [6, 6.07) is 1.62. The van der Waals surface area contributed by atoms with Gasteiger partial charge in [0.05, 0.1) is 6.26 Å². The first-order chi connectivity index (χ1) is 5.38. The van der Waals surface area contributed by atoms with Crippen LogP contribution in [0, 0.1) is 0 Å². The number of nitrogens with zero attached hydrogens (tertiary/aromatic N) is 3. The molecule has 0 fully saturated rings. The van der Waals surface area contributed by atoms with Gasteiger partial charge >= 0.3 is 5.69 Å². The fourth-order valence-corrected chi connectivity index (χ4v) is 0.745. The minimum absolute atomic E-state index is 0.383. The largest absolute Gasteiger partial charge is 0.470 e. The molecule has 0 amide bonds. The lowest BCUT2D eigenvalue weighted by Crippen LogP contribution is -2.14. The van der Waals surface area contributed by atoms with E-state index >= 15 is 0 Å². The number of aromatic amines is 1. The number of furan rings is 1. The normalized spacial score (nSPS) is 10.2. The van der Waals surface area contributed by atoms with Crippen LogP contribution in [-0.2, 0) is 0 Å². The van der Waals surface area contributed by atoms with E-state index in [9.17, 15) is 4.79 Å². The first kappa shape index (κ1) is 5.90. The van der Waals surface area contributed by atoms with Gasteiger partial charge in [-0.2, -0.15) is 4.68 Å². The van der Waals surface area contributed by atoms with Gasteiger partial charge < -0.3 is 4.42 Å². The van der Waals surface area contributed by atoms with E-state index in [1.54, 1.807) is 6.07 Å². The smallest absolute Gasteiger partial charge is 0.365 e. The minimum Gasteiger partial charge on any atom is -0.470 e. The summed E-state index contributed by atoms with van der Waals surface area (Å²) in [4.78, 5) is 10.9. The zero-order valence-corrected chi connectivity index (χ0v) is 5.39. The third kappa shape index (κ3) is 0.841. The van der Waals surface area contributed by atoms with Gasteiger partial charge in [0.1, 0.15) is 12.0 Å². The molecule has 2 heterocycles. The van der Waals surface area contributed by atoms with Crippen LogP contribution in [0.15, 0.2) is 27.8 Å². The van der Waals surface area contributed by atoms with E-state index in [2.05, 4.69) is 15.5 Å². The van der Waals surface area contributed by atoms with Crippen LogP contribution in [0.4, 0.5) is 0 Å². The van der Waals surface area contributed by atoms with Crippen LogP contribution in [0.2, 0.25) is 0 Å². The van der Waals surface area contributed by atoms with Crippen LogP contribution < -0.4 is 5.69 Å².